The number of ether oxygens (including phenoxy) is 1. The number of aliphatic carboxylic acids is 1. The second-order valence-corrected chi connectivity index (χ2v) is 5.34. The van der Waals surface area contributed by atoms with E-state index in [1.165, 1.54) is 11.8 Å². The van der Waals surface area contributed by atoms with Gasteiger partial charge < -0.3 is 9.84 Å². The van der Waals surface area contributed by atoms with Crippen LogP contribution in [0, 0.1) is 0 Å². The fourth-order valence-corrected chi connectivity index (χ4v) is 2.62. The number of hydrogen-bond acceptors (Lipinski definition) is 4. The molecule has 1 aromatic carbocycles. The van der Waals surface area contributed by atoms with Gasteiger partial charge in [0, 0.05) is 0 Å². The zero-order valence-corrected chi connectivity index (χ0v) is 12.9. The standard InChI is InChI=1S/C15H18N2O3S/c1-3-11-9-14(21-10-15(18)19)17(16-11)12-5-7-13(8-6-12)20-4-2/h5-9H,3-4,10H2,1-2H3,(H,18,19). The smallest absolute Gasteiger partial charge is 0.313 e. The normalized spacial score (nSPS) is 10.6. The largest absolute Gasteiger partial charge is 0.494 e. The third kappa shape index (κ3) is 4.01. The molecule has 2 aromatic rings. The Morgan fingerprint density at radius 2 is 2.05 bits per heavy atom. The Labute approximate surface area is 127 Å². The Bertz CT molecular complexity index is 608. The highest BCUT2D eigenvalue weighted by atomic mass is 32.2. The lowest BCUT2D eigenvalue weighted by Crippen LogP contribution is -2.02. The van der Waals surface area contributed by atoms with Gasteiger partial charge in [-0.15, -0.1) is 0 Å². The second kappa shape index (κ2) is 7.17. The molecule has 112 valence electrons. The molecule has 5 nitrogen and oxygen atoms in total. The maximum atomic E-state index is 10.7. The first-order valence-electron chi connectivity index (χ1n) is 6.80. The predicted molar refractivity (Wildman–Crippen MR) is 82.5 cm³/mol. The lowest BCUT2D eigenvalue weighted by atomic mass is 10.3. The minimum atomic E-state index is -0.836. The van der Waals surface area contributed by atoms with Gasteiger partial charge in [-0.2, -0.15) is 5.10 Å². The van der Waals surface area contributed by atoms with Gasteiger partial charge in [0.05, 0.1) is 23.7 Å². The van der Waals surface area contributed by atoms with Crippen LogP contribution in [0.5, 0.6) is 5.75 Å². The topological polar surface area (TPSA) is 64.4 Å². The van der Waals surface area contributed by atoms with E-state index >= 15 is 0 Å². The van der Waals surface area contributed by atoms with E-state index in [9.17, 15) is 4.79 Å². The number of carboxylic acid groups (broad SMARTS) is 1. The van der Waals surface area contributed by atoms with Gasteiger partial charge in [0.1, 0.15) is 10.8 Å². The first kappa shape index (κ1) is 15.4. The molecule has 0 aliphatic heterocycles. The van der Waals surface area contributed by atoms with Crippen LogP contribution < -0.4 is 4.74 Å². The molecular weight excluding hydrogens is 288 g/mol. The molecular formula is C15H18N2O3S. The monoisotopic (exact) mass is 306 g/mol. The molecule has 6 heteroatoms. The molecule has 0 saturated heterocycles. The Balaban J connectivity index is 2.27. The highest BCUT2D eigenvalue weighted by Gasteiger charge is 2.11. The van der Waals surface area contributed by atoms with Crippen LogP contribution in [0.25, 0.3) is 5.69 Å². The maximum absolute atomic E-state index is 10.7. The summed E-state index contributed by atoms with van der Waals surface area (Å²) in [4.78, 5) is 10.7. The fourth-order valence-electron chi connectivity index (χ4n) is 1.86. The SMILES string of the molecule is CCOc1ccc(-n2nc(CC)cc2SCC(=O)O)cc1. The van der Waals surface area contributed by atoms with Crippen molar-refractivity contribution in [2.75, 3.05) is 12.4 Å². The van der Waals surface area contributed by atoms with Crippen molar-refractivity contribution in [3.63, 3.8) is 0 Å². The van der Waals surface area contributed by atoms with Gasteiger partial charge in [0.15, 0.2) is 0 Å². The quantitative estimate of drug-likeness (QED) is 0.797. The molecule has 0 unspecified atom stereocenters. The van der Waals surface area contributed by atoms with Gasteiger partial charge in [0.25, 0.3) is 0 Å². The number of carbonyl (C=O) groups is 1. The molecule has 1 heterocycles. The van der Waals surface area contributed by atoms with E-state index in [4.69, 9.17) is 9.84 Å². The molecule has 0 spiro atoms. The highest BCUT2D eigenvalue weighted by molar-refractivity contribution is 7.99. The van der Waals surface area contributed by atoms with Gasteiger partial charge in [-0.25, -0.2) is 4.68 Å². The summed E-state index contributed by atoms with van der Waals surface area (Å²) >= 11 is 1.27. The molecule has 0 bridgehead atoms. The van der Waals surface area contributed by atoms with Crippen LogP contribution in [0.2, 0.25) is 0 Å². The summed E-state index contributed by atoms with van der Waals surface area (Å²) in [6, 6.07) is 9.55. The van der Waals surface area contributed by atoms with Gasteiger partial charge in [-0.3, -0.25) is 4.79 Å². The lowest BCUT2D eigenvalue weighted by molar-refractivity contribution is -0.133. The van der Waals surface area contributed by atoms with Crippen molar-refractivity contribution in [2.24, 2.45) is 0 Å². The summed E-state index contributed by atoms with van der Waals surface area (Å²) in [6.45, 7) is 4.59. The van der Waals surface area contributed by atoms with Gasteiger partial charge >= 0.3 is 5.97 Å². The van der Waals surface area contributed by atoms with E-state index in [-0.39, 0.29) is 5.75 Å². The Hall–Kier alpha value is -1.95. The minimum absolute atomic E-state index is 0.0197. The molecule has 0 radical (unpaired) electrons. The number of rotatable bonds is 7. The van der Waals surface area contributed by atoms with Crippen molar-refractivity contribution in [1.82, 2.24) is 9.78 Å². The number of carboxylic acids is 1. The van der Waals surface area contributed by atoms with E-state index in [0.29, 0.717) is 6.61 Å². The molecule has 0 aliphatic carbocycles. The molecule has 2 rings (SSSR count). The van der Waals surface area contributed by atoms with Gasteiger partial charge in [-0.05, 0) is 43.7 Å². The third-order valence-corrected chi connectivity index (χ3v) is 3.80. The Kier molecular flexibility index (Phi) is 5.27. The molecule has 0 saturated carbocycles. The van der Waals surface area contributed by atoms with E-state index in [0.717, 1.165) is 28.6 Å². The molecule has 21 heavy (non-hydrogen) atoms. The lowest BCUT2D eigenvalue weighted by Gasteiger charge is -2.08. The summed E-state index contributed by atoms with van der Waals surface area (Å²) in [5.74, 6) is -0.00681. The summed E-state index contributed by atoms with van der Waals surface area (Å²) in [5, 5.41) is 14.2. The van der Waals surface area contributed by atoms with Crippen molar-refractivity contribution in [1.29, 1.82) is 0 Å². The molecule has 0 atom stereocenters. The average molecular weight is 306 g/mol. The molecule has 1 N–H and O–H groups in total. The van der Waals surface area contributed by atoms with Crippen molar-refractivity contribution in [3.05, 3.63) is 36.0 Å². The Morgan fingerprint density at radius 1 is 1.33 bits per heavy atom. The molecule has 0 aliphatic rings. The van der Waals surface area contributed by atoms with E-state index < -0.39 is 5.97 Å². The number of aromatic nitrogens is 2. The summed E-state index contributed by atoms with van der Waals surface area (Å²) in [6.07, 6.45) is 0.810. The van der Waals surface area contributed by atoms with Crippen molar-refractivity contribution < 1.29 is 14.6 Å². The Morgan fingerprint density at radius 3 is 2.62 bits per heavy atom. The summed E-state index contributed by atoms with van der Waals surface area (Å²) < 4.78 is 7.20. The number of thioether (sulfide) groups is 1. The number of benzene rings is 1. The third-order valence-electron chi connectivity index (χ3n) is 2.83. The first-order valence-corrected chi connectivity index (χ1v) is 7.79. The maximum Gasteiger partial charge on any atom is 0.313 e. The van der Waals surface area contributed by atoms with Crippen LogP contribution in [0.1, 0.15) is 19.5 Å². The number of hydrogen-bond donors (Lipinski definition) is 1. The molecule has 0 amide bonds. The molecule has 1 aromatic heterocycles. The zero-order valence-electron chi connectivity index (χ0n) is 12.1. The minimum Gasteiger partial charge on any atom is -0.494 e. The summed E-state index contributed by atoms with van der Waals surface area (Å²) in [5.41, 5.74) is 1.84. The van der Waals surface area contributed by atoms with Crippen LogP contribution in [0.15, 0.2) is 35.4 Å². The zero-order chi connectivity index (χ0) is 15.2. The van der Waals surface area contributed by atoms with Crippen LogP contribution in [0.3, 0.4) is 0 Å². The average Bonchev–Trinajstić information content (AvgIpc) is 2.89. The summed E-state index contributed by atoms with van der Waals surface area (Å²) in [7, 11) is 0. The van der Waals surface area contributed by atoms with E-state index in [2.05, 4.69) is 5.10 Å². The van der Waals surface area contributed by atoms with Gasteiger partial charge in [-0.1, -0.05) is 18.7 Å². The molecule has 0 fully saturated rings. The number of nitrogens with zero attached hydrogens (tertiary/aromatic N) is 2. The van der Waals surface area contributed by atoms with Crippen LogP contribution in [-0.4, -0.2) is 33.2 Å². The van der Waals surface area contributed by atoms with E-state index in [1.807, 2.05) is 44.2 Å². The van der Waals surface area contributed by atoms with Crippen LogP contribution >= 0.6 is 11.8 Å². The van der Waals surface area contributed by atoms with Crippen molar-refractivity contribution >= 4 is 17.7 Å². The number of aryl methyl sites for hydroxylation is 1. The van der Waals surface area contributed by atoms with Crippen molar-refractivity contribution in [2.45, 2.75) is 25.3 Å². The second-order valence-electron chi connectivity index (χ2n) is 4.35. The van der Waals surface area contributed by atoms with E-state index in [1.54, 1.807) is 4.68 Å². The highest BCUT2D eigenvalue weighted by Crippen LogP contribution is 2.24. The fraction of sp³-hybridized carbons (Fsp3) is 0.333. The predicted octanol–water partition coefficient (Wildman–Crippen LogP) is 3.01. The first-order chi connectivity index (χ1) is 10.1. The van der Waals surface area contributed by atoms with Crippen molar-refractivity contribution in [3.8, 4) is 11.4 Å². The van der Waals surface area contributed by atoms with Crippen LogP contribution in [-0.2, 0) is 11.2 Å². The van der Waals surface area contributed by atoms with Crippen LogP contribution in [0.4, 0.5) is 0 Å². The van der Waals surface area contributed by atoms with Gasteiger partial charge in [0.2, 0.25) is 0 Å².